The van der Waals surface area contributed by atoms with Crippen molar-refractivity contribution in [1.29, 1.82) is 0 Å². The third-order valence-corrected chi connectivity index (χ3v) is 3.89. The molecule has 1 saturated carbocycles. The number of nitrogens with zero attached hydrogens (tertiary/aromatic N) is 2. The van der Waals surface area contributed by atoms with Crippen molar-refractivity contribution in [2.75, 3.05) is 0 Å². The van der Waals surface area contributed by atoms with E-state index in [1.165, 1.54) is 0 Å². The molecule has 0 aromatic carbocycles. The number of hydrogen-bond donors (Lipinski definition) is 2. The van der Waals surface area contributed by atoms with Gasteiger partial charge in [0.05, 0.1) is 12.1 Å². The first-order chi connectivity index (χ1) is 9.74. The van der Waals surface area contributed by atoms with E-state index in [1.54, 1.807) is 6.20 Å². The first kappa shape index (κ1) is 13.1. The Balaban J connectivity index is 1.74. The molecular formula is C15H19N3O2. The van der Waals surface area contributed by atoms with Gasteiger partial charge in [0.15, 0.2) is 0 Å². The van der Waals surface area contributed by atoms with E-state index in [0.29, 0.717) is 5.69 Å². The predicted octanol–water partition coefficient (Wildman–Crippen LogP) is 1.76. The summed E-state index contributed by atoms with van der Waals surface area (Å²) >= 11 is 0. The van der Waals surface area contributed by atoms with Crippen molar-refractivity contribution in [2.24, 2.45) is 0 Å². The Kier molecular flexibility index (Phi) is 3.69. The molecule has 2 N–H and O–H groups in total. The van der Waals surface area contributed by atoms with Crippen LogP contribution < -0.4 is 5.32 Å². The van der Waals surface area contributed by atoms with Crippen molar-refractivity contribution in [3.63, 3.8) is 0 Å². The Morgan fingerprint density at radius 3 is 3.00 bits per heavy atom. The van der Waals surface area contributed by atoms with E-state index >= 15 is 0 Å². The fourth-order valence-electron chi connectivity index (χ4n) is 2.74. The highest BCUT2D eigenvalue weighted by molar-refractivity contribution is 5.93. The third-order valence-electron chi connectivity index (χ3n) is 3.89. The van der Waals surface area contributed by atoms with E-state index < -0.39 is 6.10 Å². The minimum Gasteiger partial charge on any atom is -0.391 e. The second kappa shape index (κ2) is 5.63. The first-order valence-corrected chi connectivity index (χ1v) is 7.17. The van der Waals surface area contributed by atoms with Gasteiger partial charge in [-0.15, -0.1) is 0 Å². The lowest BCUT2D eigenvalue weighted by Crippen LogP contribution is -2.42. The number of rotatable bonds is 2. The molecule has 1 fully saturated rings. The van der Waals surface area contributed by atoms with Gasteiger partial charge in [-0.25, -0.2) is 4.98 Å². The zero-order valence-corrected chi connectivity index (χ0v) is 11.3. The van der Waals surface area contributed by atoms with Gasteiger partial charge in [-0.3, -0.25) is 4.79 Å². The lowest BCUT2D eigenvalue weighted by molar-refractivity contribution is 0.0815. The van der Waals surface area contributed by atoms with Crippen LogP contribution in [-0.4, -0.2) is 32.5 Å². The lowest BCUT2D eigenvalue weighted by Gasteiger charge is -2.21. The maximum atomic E-state index is 12.2. The van der Waals surface area contributed by atoms with E-state index in [0.717, 1.165) is 37.8 Å². The van der Waals surface area contributed by atoms with Crippen molar-refractivity contribution in [2.45, 2.75) is 44.2 Å². The molecule has 0 aliphatic heterocycles. The molecule has 0 spiro atoms. The summed E-state index contributed by atoms with van der Waals surface area (Å²) in [6.07, 6.45) is 7.93. The van der Waals surface area contributed by atoms with Gasteiger partial charge in [0.1, 0.15) is 11.3 Å². The molecule has 2 aromatic heterocycles. The zero-order chi connectivity index (χ0) is 13.9. The van der Waals surface area contributed by atoms with Gasteiger partial charge in [0.25, 0.3) is 5.91 Å². The summed E-state index contributed by atoms with van der Waals surface area (Å²) < 4.78 is 1.82. The number of nitrogens with one attached hydrogen (secondary N) is 1. The van der Waals surface area contributed by atoms with Gasteiger partial charge in [-0.05, 0) is 25.0 Å². The molecule has 5 heteroatoms. The number of carbonyl (C=O) groups excluding carboxylic acids is 1. The summed E-state index contributed by atoms with van der Waals surface area (Å²) in [5.41, 5.74) is 1.15. The molecule has 2 unspecified atom stereocenters. The summed E-state index contributed by atoms with van der Waals surface area (Å²) in [6.45, 7) is 0. The number of imidazole rings is 1. The van der Waals surface area contributed by atoms with Crippen molar-refractivity contribution in [3.8, 4) is 0 Å². The van der Waals surface area contributed by atoms with Gasteiger partial charge in [0.2, 0.25) is 0 Å². The minimum atomic E-state index is -0.446. The number of aromatic nitrogens is 2. The van der Waals surface area contributed by atoms with Crippen molar-refractivity contribution in [3.05, 3.63) is 36.3 Å². The molecule has 1 aliphatic rings. The highest BCUT2D eigenvalue weighted by atomic mass is 16.3. The fraction of sp³-hybridized carbons (Fsp3) is 0.467. The second-order valence-electron chi connectivity index (χ2n) is 5.38. The quantitative estimate of drug-likeness (QED) is 0.819. The van der Waals surface area contributed by atoms with E-state index in [2.05, 4.69) is 10.3 Å². The maximum absolute atomic E-state index is 12.2. The van der Waals surface area contributed by atoms with Crippen molar-refractivity contribution in [1.82, 2.24) is 14.7 Å². The number of aliphatic hydroxyl groups excluding tert-OH is 1. The van der Waals surface area contributed by atoms with Crippen LogP contribution in [0.2, 0.25) is 0 Å². The number of fused-ring (bicyclic) bond motifs is 1. The molecule has 2 atom stereocenters. The van der Waals surface area contributed by atoms with E-state index in [9.17, 15) is 9.90 Å². The van der Waals surface area contributed by atoms with Crippen LogP contribution in [0.3, 0.4) is 0 Å². The van der Waals surface area contributed by atoms with E-state index in [1.807, 2.05) is 28.8 Å². The number of hydrogen-bond acceptors (Lipinski definition) is 3. The Morgan fingerprint density at radius 1 is 1.30 bits per heavy atom. The molecule has 2 aromatic rings. The molecule has 20 heavy (non-hydrogen) atoms. The lowest BCUT2D eigenvalue weighted by atomic mass is 10.1. The largest absolute Gasteiger partial charge is 0.391 e. The SMILES string of the molecule is O=C(NC1CCCCCC1O)c1cn2ccccc2n1. The molecule has 0 saturated heterocycles. The van der Waals surface area contributed by atoms with Crippen LogP contribution in [-0.2, 0) is 0 Å². The van der Waals surface area contributed by atoms with Gasteiger partial charge in [-0.2, -0.15) is 0 Å². The first-order valence-electron chi connectivity index (χ1n) is 7.17. The molecule has 5 nitrogen and oxygen atoms in total. The number of carbonyl (C=O) groups is 1. The monoisotopic (exact) mass is 273 g/mol. The summed E-state index contributed by atoms with van der Waals surface area (Å²) in [4.78, 5) is 16.5. The van der Waals surface area contributed by atoms with Crippen molar-refractivity contribution < 1.29 is 9.90 Å². The van der Waals surface area contributed by atoms with E-state index in [4.69, 9.17) is 0 Å². The molecule has 3 rings (SSSR count). The maximum Gasteiger partial charge on any atom is 0.271 e. The topological polar surface area (TPSA) is 66.6 Å². The fourth-order valence-corrected chi connectivity index (χ4v) is 2.74. The summed E-state index contributed by atoms with van der Waals surface area (Å²) in [7, 11) is 0. The average Bonchev–Trinajstić information content (AvgIpc) is 2.79. The Hall–Kier alpha value is -1.88. The molecule has 1 amide bonds. The normalized spacial score (nSPS) is 23.4. The summed E-state index contributed by atoms with van der Waals surface area (Å²) in [5.74, 6) is -0.209. The number of aliphatic hydroxyl groups is 1. The molecule has 1 aliphatic carbocycles. The molecule has 0 radical (unpaired) electrons. The van der Waals surface area contributed by atoms with Crippen LogP contribution in [0.1, 0.15) is 42.6 Å². The van der Waals surface area contributed by atoms with Gasteiger partial charge in [0, 0.05) is 12.4 Å². The van der Waals surface area contributed by atoms with Crippen LogP contribution in [0, 0.1) is 0 Å². The minimum absolute atomic E-state index is 0.158. The van der Waals surface area contributed by atoms with Gasteiger partial charge in [-0.1, -0.05) is 25.3 Å². The summed E-state index contributed by atoms with van der Waals surface area (Å²) in [6, 6.07) is 5.48. The van der Waals surface area contributed by atoms with Crippen LogP contribution in [0.25, 0.3) is 5.65 Å². The van der Waals surface area contributed by atoms with Crippen LogP contribution >= 0.6 is 0 Å². The average molecular weight is 273 g/mol. The predicted molar refractivity (Wildman–Crippen MR) is 75.5 cm³/mol. The zero-order valence-electron chi connectivity index (χ0n) is 11.3. The van der Waals surface area contributed by atoms with Crippen LogP contribution in [0.5, 0.6) is 0 Å². The van der Waals surface area contributed by atoms with Gasteiger partial charge < -0.3 is 14.8 Å². The molecule has 2 heterocycles. The number of pyridine rings is 1. The smallest absolute Gasteiger partial charge is 0.271 e. The second-order valence-corrected chi connectivity index (χ2v) is 5.38. The molecule has 106 valence electrons. The number of amides is 1. The summed E-state index contributed by atoms with van der Waals surface area (Å²) in [5, 5.41) is 13.0. The molecule has 0 bridgehead atoms. The van der Waals surface area contributed by atoms with Gasteiger partial charge >= 0.3 is 0 Å². The highest BCUT2D eigenvalue weighted by Gasteiger charge is 2.24. The third kappa shape index (κ3) is 2.67. The Labute approximate surface area is 117 Å². The van der Waals surface area contributed by atoms with E-state index in [-0.39, 0.29) is 11.9 Å². The Bertz CT molecular complexity index is 575. The van der Waals surface area contributed by atoms with Crippen LogP contribution in [0.15, 0.2) is 30.6 Å². The van der Waals surface area contributed by atoms with Crippen LogP contribution in [0.4, 0.5) is 0 Å². The van der Waals surface area contributed by atoms with Crippen molar-refractivity contribution >= 4 is 11.6 Å². The Morgan fingerprint density at radius 2 is 2.15 bits per heavy atom. The highest BCUT2D eigenvalue weighted by Crippen LogP contribution is 2.18. The standard InChI is InChI=1S/C15H19N3O2/c19-13-7-3-1-2-6-11(13)17-15(20)12-10-18-9-5-4-8-14(18)16-12/h4-5,8-11,13,19H,1-3,6-7H2,(H,17,20). The molecular weight excluding hydrogens is 254 g/mol.